The molecule has 29 heavy (non-hydrogen) atoms. The van der Waals surface area contributed by atoms with Crippen LogP contribution in [0.2, 0.25) is 0 Å². The van der Waals surface area contributed by atoms with Gasteiger partial charge in [0, 0.05) is 43.1 Å². The first-order chi connectivity index (χ1) is 13.9. The van der Waals surface area contributed by atoms with Gasteiger partial charge in [0.1, 0.15) is 17.7 Å². The van der Waals surface area contributed by atoms with Gasteiger partial charge in [0.25, 0.3) is 0 Å². The maximum atomic E-state index is 12.7. The smallest absolute Gasteiger partial charge is 0.242 e. The van der Waals surface area contributed by atoms with Crippen LogP contribution < -0.4 is 15.4 Å². The topological polar surface area (TPSA) is 64.3 Å². The molecule has 2 heterocycles. The molecule has 4 rings (SSSR count). The second-order valence-electron chi connectivity index (χ2n) is 7.83. The first-order valence-corrected chi connectivity index (χ1v) is 10.0. The third-order valence-electron chi connectivity index (χ3n) is 5.65. The molecule has 2 N–H and O–H groups in total. The van der Waals surface area contributed by atoms with Gasteiger partial charge in [-0.05, 0) is 36.3 Å². The van der Waals surface area contributed by atoms with Crippen LogP contribution in [0.5, 0.6) is 5.75 Å². The average molecular weight is 400 g/mol. The predicted molar refractivity (Wildman–Crippen MR) is 109 cm³/mol. The number of halogens is 2. The van der Waals surface area contributed by atoms with E-state index >= 15 is 0 Å². The van der Waals surface area contributed by atoms with E-state index in [2.05, 4.69) is 14.9 Å². The van der Waals surface area contributed by atoms with E-state index in [0.717, 1.165) is 47.8 Å². The molecule has 1 aliphatic heterocycles. The largest absolute Gasteiger partial charge is 0.489 e. The van der Waals surface area contributed by atoms with E-state index in [0.29, 0.717) is 5.82 Å². The molecule has 2 aromatic rings. The molecule has 7 heteroatoms. The Morgan fingerprint density at radius 1 is 1.24 bits per heavy atom. The van der Waals surface area contributed by atoms with E-state index in [1.54, 1.807) is 6.20 Å². The first-order valence-electron chi connectivity index (χ1n) is 10.0. The molecule has 3 unspecified atom stereocenters. The molecule has 3 atom stereocenters. The zero-order chi connectivity index (χ0) is 20.5. The van der Waals surface area contributed by atoms with Crippen LogP contribution in [-0.2, 0) is 0 Å². The maximum absolute atomic E-state index is 12.7. The summed E-state index contributed by atoms with van der Waals surface area (Å²) >= 11 is 0. The van der Waals surface area contributed by atoms with Crippen molar-refractivity contribution in [2.45, 2.75) is 45.3 Å². The lowest BCUT2D eigenvalue weighted by molar-refractivity contribution is 0.149. The molecule has 1 aliphatic carbocycles. The number of hydrogen-bond acceptors (Lipinski definition) is 5. The molecule has 0 saturated carbocycles. The molecule has 0 spiro atoms. The van der Waals surface area contributed by atoms with Crippen LogP contribution in [0.15, 0.2) is 42.1 Å². The van der Waals surface area contributed by atoms with Crippen molar-refractivity contribution in [2.24, 2.45) is 11.7 Å². The molecule has 5 nitrogen and oxygen atoms in total. The molecule has 0 bridgehead atoms. The number of anilines is 1. The summed E-state index contributed by atoms with van der Waals surface area (Å²) in [7, 11) is 0. The number of allylic oxidation sites excluding steroid dienone is 2. The highest BCUT2D eigenvalue weighted by molar-refractivity contribution is 5.82. The summed E-state index contributed by atoms with van der Waals surface area (Å²) in [5, 5.41) is 0. The lowest BCUT2D eigenvalue weighted by Gasteiger charge is -2.18. The molecule has 154 valence electrons. The zero-order valence-corrected chi connectivity index (χ0v) is 16.7. The van der Waals surface area contributed by atoms with E-state index in [9.17, 15) is 8.78 Å². The maximum Gasteiger partial charge on any atom is 0.242 e. The van der Waals surface area contributed by atoms with Crippen molar-refractivity contribution < 1.29 is 13.5 Å². The average Bonchev–Trinajstić information content (AvgIpc) is 3.10. The van der Waals surface area contributed by atoms with Gasteiger partial charge >= 0.3 is 0 Å². The van der Waals surface area contributed by atoms with Crippen LogP contribution in [0, 0.1) is 5.92 Å². The summed E-state index contributed by atoms with van der Waals surface area (Å²) in [6.07, 6.45) is 0.154. The van der Waals surface area contributed by atoms with Crippen molar-refractivity contribution in [1.82, 2.24) is 9.97 Å². The second kappa shape index (κ2) is 8.06. The van der Waals surface area contributed by atoms with Gasteiger partial charge in [-0.2, -0.15) is 0 Å². The normalized spacial score (nSPS) is 22.3. The number of ether oxygens (including phenoxy) is 1. The van der Waals surface area contributed by atoms with Gasteiger partial charge in [-0.3, -0.25) is 0 Å². The van der Waals surface area contributed by atoms with Gasteiger partial charge in [-0.1, -0.05) is 19.1 Å². The predicted octanol–water partition coefficient (Wildman–Crippen LogP) is 4.21. The highest BCUT2D eigenvalue weighted by atomic mass is 19.3. The highest BCUT2D eigenvalue weighted by Gasteiger charge is 2.37. The minimum Gasteiger partial charge on any atom is -0.489 e. The van der Waals surface area contributed by atoms with Crippen molar-refractivity contribution in [1.29, 1.82) is 0 Å². The number of benzene rings is 1. The fourth-order valence-corrected chi connectivity index (χ4v) is 3.92. The number of alkyl halides is 2. The van der Waals surface area contributed by atoms with Crippen LogP contribution >= 0.6 is 0 Å². The Balaban J connectivity index is 1.40. The lowest BCUT2D eigenvalue weighted by atomic mass is 10.1. The Morgan fingerprint density at radius 3 is 2.69 bits per heavy atom. The molecular weight excluding hydrogens is 374 g/mol. The number of nitrogens with two attached hydrogens (primary N) is 1. The zero-order valence-electron chi connectivity index (χ0n) is 16.7. The first kappa shape index (κ1) is 19.8. The van der Waals surface area contributed by atoms with Gasteiger partial charge < -0.3 is 15.4 Å². The minimum absolute atomic E-state index is 0.00323. The van der Waals surface area contributed by atoms with Gasteiger partial charge in [-0.25, -0.2) is 18.7 Å². The Hall–Kier alpha value is -2.54. The monoisotopic (exact) mass is 400 g/mol. The van der Waals surface area contributed by atoms with Gasteiger partial charge in [0.15, 0.2) is 5.82 Å². The molecule has 2 aliphatic rings. The Bertz CT molecular complexity index is 898. The fraction of sp³-hybridized carbons (Fsp3) is 0.455. The van der Waals surface area contributed by atoms with Crippen LogP contribution in [-0.4, -0.2) is 35.6 Å². The Labute approximate surface area is 169 Å². The van der Waals surface area contributed by atoms with E-state index in [1.165, 1.54) is 0 Å². The third kappa shape index (κ3) is 4.40. The Morgan fingerprint density at radius 2 is 2.00 bits per heavy atom. The van der Waals surface area contributed by atoms with E-state index in [-0.39, 0.29) is 24.5 Å². The van der Waals surface area contributed by atoms with E-state index in [1.807, 2.05) is 44.2 Å². The van der Waals surface area contributed by atoms with Crippen molar-refractivity contribution >= 4 is 11.4 Å². The molecule has 0 amide bonds. The highest BCUT2D eigenvalue weighted by Crippen LogP contribution is 2.48. The number of rotatable bonds is 7. The summed E-state index contributed by atoms with van der Waals surface area (Å²) in [5.41, 5.74) is 8.61. The second-order valence-corrected chi connectivity index (χ2v) is 7.83. The minimum atomic E-state index is -2.33. The lowest BCUT2D eigenvalue weighted by Crippen LogP contribution is -2.25. The van der Waals surface area contributed by atoms with Crippen molar-refractivity contribution in [3.05, 3.63) is 53.5 Å². The quantitative estimate of drug-likeness (QED) is 0.754. The Kier molecular flexibility index (Phi) is 5.50. The summed E-state index contributed by atoms with van der Waals surface area (Å²) in [6.45, 7) is 5.44. The molecule has 1 aromatic carbocycles. The molecule has 1 aromatic heterocycles. The summed E-state index contributed by atoms with van der Waals surface area (Å²) in [4.78, 5) is 11.1. The van der Waals surface area contributed by atoms with E-state index in [4.69, 9.17) is 10.5 Å². The third-order valence-corrected chi connectivity index (χ3v) is 5.65. The van der Waals surface area contributed by atoms with Crippen LogP contribution in [0.4, 0.5) is 14.6 Å². The van der Waals surface area contributed by atoms with Gasteiger partial charge in [0.05, 0.1) is 6.54 Å². The van der Waals surface area contributed by atoms with Gasteiger partial charge in [0.2, 0.25) is 6.43 Å². The van der Waals surface area contributed by atoms with Crippen molar-refractivity contribution in [3.8, 4) is 5.75 Å². The molecule has 0 radical (unpaired) electrons. The van der Waals surface area contributed by atoms with E-state index < -0.39 is 6.43 Å². The number of hydrogen-bond donors (Lipinski definition) is 1. The fourth-order valence-electron chi connectivity index (χ4n) is 3.92. The number of nitrogens with zero attached hydrogens (tertiary/aromatic N) is 3. The molecule has 1 saturated heterocycles. The SMILES string of the molecule is CC1C(CC(F)F)=C1c1nccc(N2CCC(Oc3ccc(C(C)N)cc3)C2)n1. The molecule has 1 fully saturated rings. The summed E-state index contributed by atoms with van der Waals surface area (Å²) in [6, 6.07) is 9.76. The van der Waals surface area contributed by atoms with Gasteiger partial charge in [-0.15, -0.1) is 0 Å². The van der Waals surface area contributed by atoms with Crippen molar-refractivity contribution in [3.63, 3.8) is 0 Å². The van der Waals surface area contributed by atoms with Crippen LogP contribution in [0.1, 0.15) is 44.1 Å². The number of aromatic nitrogens is 2. The standard InChI is InChI=1S/C22H26F2N4O/c1-13-18(11-19(23)24)21(13)22-26-9-7-20(27-22)28-10-8-17(12-28)29-16-5-3-15(4-6-16)14(2)25/h3-7,9,13-14,17,19H,8,10-12,25H2,1-2H3. The van der Waals surface area contributed by atoms with Crippen molar-refractivity contribution in [2.75, 3.05) is 18.0 Å². The summed E-state index contributed by atoms with van der Waals surface area (Å²) in [5.74, 6) is 2.27. The van der Waals surface area contributed by atoms with Crippen LogP contribution in [0.3, 0.4) is 0 Å². The van der Waals surface area contributed by atoms with Crippen LogP contribution in [0.25, 0.3) is 5.57 Å². The molecular formula is C22H26F2N4O. The summed E-state index contributed by atoms with van der Waals surface area (Å²) < 4.78 is 31.5.